The van der Waals surface area contributed by atoms with Crippen LogP contribution in [0, 0.1) is 0 Å². The monoisotopic (exact) mass is 1070 g/mol. The average molecular weight is 1070 g/mol. The van der Waals surface area contributed by atoms with Crippen LogP contribution in [0.3, 0.4) is 0 Å². The number of carboxylic acid groups (broad SMARTS) is 2. The van der Waals surface area contributed by atoms with E-state index in [4.69, 9.17) is 33.2 Å². The van der Waals surface area contributed by atoms with Crippen LogP contribution in [0.1, 0.15) is 6.92 Å². The topological polar surface area (TPSA) is 518 Å². The molecule has 0 aromatic heterocycles. The molecule has 4 heterocycles. The van der Waals surface area contributed by atoms with Crippen LogP contribution in [0.4, 0.5) is 0 Å². The molecule has 40 heteroatoms. The Morgan fingerprint density at radius 3 is 1.73 bits per heavy atom. The molecule has 4 aliphatic heterocycles. The van der Waals surface area contributed by atoms with Gasteiger partial charge in [-0.1, -0.05) is 0 Å². The Morgan fingerprint density at radius 2 is 1.24 bits per heavy atom. The molecule has 0 aromatic carbocycles. The van der Waals surface area contributed by atoms with Gasteiger partial charge in [-0.25, -0.2) is 30.0 Å². The van der Waals surface area contributed by atoms with Crippen LogP contribution in [0.5, 0.6) is 0 Å². The molecule has 9 N–H and O–H groups in total. The minimum absolute atomic E-state index is 0. The summed E-state index contributed by atoms with van der Waals surface area (Å²) in [4.78, 5) is 36.0. The number of aliphatic carboxylic acids is 2. The fourth-order valence-electron chi connectivity index (χ4n) is 6.28. The molecule has 0 aliphatic carbocycles. The predicted molar refractivity (Wildman–Crippen MR) is 167 cm³/mol. The van der Waals surface area contributed by atoms with Gasteiger partial charge < -0.3 is 108 Å². The molecule has 352 valence electrons. The fourth-order valence-corrected chi connectivity index (χ4v) is 7.67. The molecular weight excluding hydrogens is 1030 g/mol. The van der Waals surface area contributed by atoms with E-state index < -0.39 is 178 Å². The van der Waals surface area contributed by atoms with Crippen LogP contribution < -0.4 is 168 Å². The van der Waals surface area contributed by atoms with Crippen molar-refractivity contribution in [1.29, 1.82) is 0 Å². The molecular formula is C26H35N2Na5O30S3. The first-order valence-corrected chi connectivity index (χ1v) is 20.8. The van der Waals surface area contributed by atoms with Gasteiger partial charge in [-0.05, 0) is 6.08 Å². The zero-order valence-corrected chi connectivity index (χ0v) is 47.6. The Balaban J connectivity index is 0. The maximum absolute atomic E-state index is 12.4. The number of nitrogens with one attached hydrogen (secondary N) is 2. The van der Waals surface area contributed by atoms with Crippen LogP contribution in [-0.4, -0.2) is 216 Å². The summed E-state index contributed by atoms with van der Waals surface area (Å²) in [5.74, 6) is -6.59. The smallest absolute Gasteiger partial charge is 0.735 e. The van der Waals surface area contributed by atoms with Gasteiger partial charge in [0.1, 0.15) is 97.1 Å². The van der Waals surface area contributed by atoms with Gasteiger partial charge in [0.15, 0.2) is 29.2 Å². The number of carbonyl (C=O) groups excluding carboxylic acids is 3. The zero-order chi connectivity index (χ0) is 46.1. The van der Waals surface area contributed by atoms with Gasteiger partial charge in [-0.15, -0.1) is 0 Å². The van der Waals surface area contributed by atoms with E-state index in [0.29, 0.717) is 6.08 Å². The first-order valence-electron chi connectivity index (χ1n) is 16.7. The molecule has 3 saturated heterocycles. The second-order valence-corrected chi connectivity index (χ2v) is 16.3. The Bertz CT molecular complexity index is 1980. The number of carbonyl (C=O) groups is 3. The minimum Gasteiger partial charge on any atom is -0.735 e. The van der Waals surface area contributed by atoms with Crippen molar-refractivity contribution in [3.05, 3.63) is 11.8 Å². The molecule has 0 radical (unpaired) electrons. The van der Waals surface area contributed by atoms with Crippen LogP contribution >= 0.6 is 0 Å². The van der Waals surface area contributed by atoms with Crippen LogP contribution in [0.15, 0.2) is 11.8 Å². The second-order valence-electron chi connectivity index (χ2n) is 13.1. The molecule has 1 unspecified atom stereocenters. The second kappa shape index (κ2) is 29.2. The molecule has 0 saturated carbocycles. The molecule has 3 fully saturated rings. The van der Waals surface area contributed by atoms with Gasteiger partial charge in [0, 0.05) is 6.92 Å². The third kappa shape index (κ3) is 19.4. The summed E-state index contributed by atoms with van der Waals surface area (Å²) in [6.45, 7) is -1.96. The van der Waals surface area contributed by atoms with Gasteiger partial charge in [0.05, 0.1) is 19.2 Å². The van der Waals surface area contributed by atoms with E-state index in [1.807, 2.05) is 0 Å². The van der Waals surface area contributed by atoms with E-state index >= 15 is 0 Å². The standard InChI is InChI=1S/C26H40N2O30S3.5Na/c1-5(30)27-10-13(33)16(54-25-12(32)6(31)2-7(52-25)21(36)37)9(4-50-60(44,45)46)53-24(10)56-19-14(34)15(35)26(57-20(19)22(38)39)55-17-8(3-29)51-23(40)11(28-59(41,42)43)18(17)58-61(47,48)49;;;;;/h2,6,8-20,23-26,28-29,31-35,40H,3-4H2,1H3,(H,27,30)(H,36,37)(H,38,39)(H,41,42,43)(H,44,45,46)(H,47,48,49);;;;;/q;5*+1/p-5/t6-,8+,9+,10+,11+,12+,13+,14+,15+,16+,17+,18+,19-,20-,23?,24+,25-,26+;;;;;/m0...../s1. The third-order valence-corrected chi connectivity index (χ3v) is 10.3. The zero-order valence-electron chi connectivity index (χ0n) is 35.1. The Labute approximate surface area is 483 Å². The van der Waals surface area contributed by atoms with Crippen molar-refractivity contribution in [2.45, 2.75) is 117 Å². The van der Waals surface area contributed by atoms with Gasteiger partial charge >= 0.3 is 148 Å². The minimum atomic E-state index is -5.96. The Kier molecular flexibility index (Phi) is 31.0. The van der Waals surface area contributed by atoms with E-state index in [-0.39, 0.29) is 148 Å². The molecule has 66 heavy (non-hydrogen) atoms. The van der Waals surface area contributed by atoms with Crippen molar-refractivity contribution in [2.75, 3.05) is 13.2 Å². The van der Waals surface area contributed by atoms with Crippen molar-refractivity contribution in [2.24, 2.45) is 0 Å². The largest absolute Gasteiger partial charge is 1.00 e. The maximum Gasteiger partial charge on any atom is 1.00 e. The number of rotatable bonds is 17. The maximum atomic E-state index is 12.4. The number of aliphatic hydroxyl groups is 7. The summed E-state index contributed by atoms with van der Waals surface area (Å²) in [6.07, 6.45) is -38.2. The number of amides is 1. The first kappa shape index (κ1) is 70.1. The molecule has 18 atom stereocenters. The first-order chi connectivity index (χ1) is 28.0. The molecule has 0 spiro atoms. The Morgan fingerprint density at radius 1 is 0.682 bits per heavy atom. The van der Waals surface area contributed by atoms with Crippen molar-refractivity contribution in [3.63, 3.8) is 0 Å². The van der Waals surface area contributed by atoms with Gasteiger partial charge in [-0.2, -0.15) is 0 Å². The Hall–Kier alpha value is 2.04. The SMILES string of the molecule is CC(=O)N[C@H]1[C@@H](O[C@H]2[C@H](O)[C@@H](O)[C@H](O[C@H]3[C@H](OS(=O)(=O)[O-])[C@@H](NS(=O)(=O)[O-])C(O)O[C@@H]3CO)O[C@@H]2C(=O)[O-])O[C@H](COS(=O)(=O)[O-])[C@@H](O[C@@H]2OC(C(=O)[O-])=C[C@H](O)[C@H]2O)[C@@H]1O.[Na+].[Na+].[Na+].[Na+].[Na+]. The molecule has 0 aromatic rings. The number of hydrogen-bond donors (Lipinski definition) is 9. The van der Waals surface area contributed by atoms with Gasteiger partial charge in [0.25, 0.3) is 0 Å². The number of aliphatic hydroxyl groups excluding tert-OH is 7. The van der Waals surface area contributed by atoms with E-state index in [0.717, 1.165) is 11.6 Å². The van der Waals surface area contributed by atoms with Crippen molar-refractivity contribution < 1.29 is 289 Å². The van der Waals surface area contributed by atoms with E-state index in [9.17, 15) is 99.3 Å². The predicted octanol–water partition coefficient (Wildman–Crippen LogP) is -27.9. The number of ether oxygens (including phenoxy) is 7. The van der Waals surface area contributed by atoms with Crippen molar-refractivity contribution in [3.8, 4) is 0 Å². The normalized spacial score (nSPS) is 37.0. The van der Waals surface area contributed by atoms with Gasteiger partial charge in [-0.3, -0.25) is 13.2 Å². The molecule has 32 nitrogen and oxygen atoms in total. The number of carboxylic acids is 2. The van der Waals surface area contributed by atoms with E-state index in [2.05, 4.69) is 13.7 Å². The summed E-state index contributed by atoms with van der Waals surface area (Å²) in [5.41, 5.74) is 0. The molecule has 4 aliphatic rings. The van der Waals surface area contributed by atoms with Crippen LogP contribution in [0.2, 0.25) is 0 Å². The third-order valence-electron chi connectivity index (χ3n) is 8.82. The summed E-state index contributed by atoms with van der Waals surface area (Å²) < 4.78 is 149. The summed E-state index contributed by atoms with van der Waals surface area (Å²) in [7, 11) is -17.3. The average Bonchev–Trinajstić information content (AvgIpc) is 3.12. The summed E-state index contributed by atoms with van der Waals surface area (Å²) in [6, 6.07) is -4.64. The van der Waals surface area contributed by atoms with Crippen LogP contribution in [0.25, 0.3) is 0 Å². The van der Waals surface area contributed by atoms with Gasteiger partial charge in [0.2, 0.25) is 33.0 Å². The van der Waals surface area contributed by atoms with Crippen molar-refractivity contribution in [1.82, 2.24) is 10.0 Å². The molecule has 1 amide bonds. The fraction of sp³-hybridized carbons (Fsp3) is 0.808. The van der Waals surface area contributed by atoms with E-state index in [1.165, 1.54) is 0 Å². The number of hydrogen-bond acceptors (Lipinski definition) is 30. The van der Waals surface area contributed by atoms with E-state index in [1.54, 1.807) is 0 Å². The van der Waals surface area contributed by atoms with Crippen LogP contribution in [-0.2, 0) is 87.0 Å². The van der Waals surface area contributed by atoms with Crippen molar-refractivity contribution >= 4 is 48.9 Å². The quantitative estimate of drug-likeness (QED) is 0.0371. The molecule has 4 rings (SSSR count). The molecule has 0 bridgehead atoms. The summed E-state index contributed by atoms with van der Waals surface area (Å²) in [5, 5.41) is 100. The summed E-state index contributed by atoms with van der Waals surface area (Å²) >= 11 is 0.